The lowest BCUT2D eigenvalue weighted by Crippen LogP contribution is -2.25. The number of rotatable bonds is 6. The molecular formula is C12H22N4O. The van der Waals surface area contributed by atoms with Crippen molar-refractivity contribution in [1.29, 1.82) is 0 Å². The summed E-state index contributed by atoms with van der Waals surface area (Å²) in [6, 6.07) is 1.84. The lowest BCUT2D eigenvalue weighted by Gasteiger charge is -2.16. The third kappa shape index (κ3) is 4.19. The van der Waals surface area contributed by atoms with Crippen LogP contribution in [-0.2, 0) is 6.42 Å². The number of nitrogens with zero attached hydrogens (tertiary/aromatic N) is 2. The molecule has 96 valence electrons. The monoisotopic (exact) mass is 238 g/mol. The van der Waals surface area contributed by atoms with Crippen LogP contribution in [0, 0.1) is 5.92 Å². The summed E-state index contributed by atoms with van der Waals surface area (Å²) in [5.74, 6) is 2.57. The summed E-state index contributed by atoms with van der Waals surface area (Å²) in [5, 5.41) is 15.9. The van der Waals surface area contributed by atoms with E-state index in [4.69, 9.17) is 0 Å². The summed E-state index contributed by atoms with van der Waals surface area (Å²) < 4.78 is 0. The van der Waals surface area contributed by atoms with E-state index in [2.05, 4.69) is 20.6 Å². The van der Waals surface area contributed by atoms with Crippen molar-refractivity contribution >= 4 is 11.6 Å². The van der Waals surface area contributed by atoms with Crippen LogP contribution in [0.15, 0.2) is 6.07 Å². The molecule has 5 heteroatoms. The zero-order chi connectivity index (χ0) is 12.8. The molecule has 0 spiro atoms. The zero-order valence-corrected chi connectivity index (χ0v) is 11.0. The van der Waals surface area contributed by atoms with E-state index in [1.807, 2.05) is 33.9 Å². The minimum Gasteiger partial charge on any atom is -0.391 e. The van der Waals surface area contributed by atoms with Crippen LogP contribution in [0.2, 0.25) is 0 Å². The van der Waals surface area contributed by atoms with Crippen LogP contribution in [0.4, 0.5) is 11.6 Å². The van der Waals surface area contributed by atoms with Crippen LogP contribution in [-0.4, -0.2) is 34.8 Å². The van der Waals surface area contributed by atoms with Crippen molar-refractivity contribution in [3.63, 3.8) is 0 Å². The summed E-state index contributed by atoms with van der Waals surface area (Å²) in [6.45, 7) is 6.49. The van der Waals surface area contributed by atoms with Crippen molar-refractivity contribution in [1.82, 2.24) is 9.97 Å². The number of hydrogen-bond acceptors (Lipinski definition) is 5. The van der Waals surface area contributed by atoms with E-state index < -0.39 is 0 Å². The Morgan fingerprint density at radius 1 is 1.29 bits per heavy atom. The molecule has 0 bridgehead atoms. The van der Waals surface area contributed by atoms with E-state index >= 15 is 0 Å². The SMILES string of the molecule is CCc1nc(NC)cc(NCC(O)C(C)C)n1. The second-order valence-electron chi connectivity index (χ2n) is 4.35. The first-order chi connectivity index (χ1) is 8.06. The molecule has 0 saturated heterocycles. The molecule has 0 radical (unpaired) electrons. The van der Waals surface area contributed by atoms with Crippen LogP contribution in [0.25, 0.3) is 0 Å². The summed E-state index contributed by atoms with van der Waals surface area (Å²) in [6.07, 6.45) is 0.421. The normalized spacial score (nSPS) is 12.6. The fraction of sp³-hybridized carbons (Fsp3) is 0.667. The van der Waals surface area contributed by atoms with Gasteiger partial charge in [0.2, 0.25) is 0 Å². The van der Waals surface area contributed by atoms with Gasteiger partial charge in [0, 0.05) is 26.1 Å². The number of anilines is 2. The van der Waals surface area contributed by atoms with Crippen molar-refractivity contribution < 1.29 is 5.11 Å². The van der Waals surface area contributed by atoms with Crippen molar-refractivity contribution in [2.24, 2.45) is 5.92 Å². The van der Waals surface area contributed by atoms with Gasteiger partial charge in [0.15, 0.2) is 0 Å². The van der Waals surface area contributed by atoms with Gasteiger partial charge in [-0.3, -0.25) is 0 Å². The standard InChI is InChI=1S/C12H22N4O/c1-5-10-15-11(13-4)6-12(16-10)14-7-9(17)8(2)3/h6,8-9,17H,5,7H2,1-4H3,(H2,13,14,15,16). The quantitative estimate of drug-likeness (QED) is 0.701. The van der Waals surface area contributed by atoms with Gasteiger partial charge in [-0.25, -0.2) is 9.97 Å². The summed E-state index contributed by atoms with van der Waals surface area (Å²) >= 11 is 0. The maximum atomic E-state index is 9.72. The van der Waals surface area contributed by atoms with Gasteiger partial charge in [-0.2, -0.15) is 0 Å². The highest BCUT2D eigenvalue weighted by molar-refractivity contribution is 5.47. The van der Waals surface area contributed by atoms with Crippen molar-refractivity contribution in [3.05, 3.63) is 11.9 Å². The molecule has 0 saturated carbocycles. The Morgan fingerprint density at radius 2 is 1.94 bits per heavy atom. The summed E-state index contributed by atoms with van der Waals surface area (Å²) in [7, 11) is 1.83. The second-order valence-corrected chi connectivity index (χ2v) is 4.35. The van der Waals surface area contributed by atoms with Gasteiger partial charge in [-0.1, -0.05) is 20.8 Å². The molecule has 1 aromatic heterocycles. The van der Waals surface area contributed by atoms with Crippen molar-refractivity contribution in [2.45, 2.75) is 33.3 Å². The molecule has 3 N–H and O–H groups in total. The molecule has 0 fully saturated rings. The molecule has 1 unspecified atom stereocenters. The van der Waals surface area contributed by atoms with Gasteiger partial charge in [0.05, 0.1) is 6.10 Å². The van der Waals surface area contributed by atoms with Crippen molar-refractivity contribution in [2.75, 3.05) is 24.2 Å². The first-order valence-electron chi connectivity index (χ1n) is 6.04. The Kier molecular flexibility index (Phi) is 5.15. The number of aliphatic hydroxyl groups is 1. The van der Waals surface area contributed by atoms with E-state index in [1.54, 1.807) is 0 Å². The highest BCUT2D eigenvalue weighted by Gasteiger charge is 2.09. The highest BCUT2D eigenvalue weighted by Crippen LogP contribution is 2.12. The van der Waals surface area contributed by atoms with E-state index in [0.717, 1.165) is 23.9 Å². The van der Waals surface area contributed by atoms with Crippen LogP contribution in [0.5, 0.6) is 0 Å². The molecule has 1 aromatic rings. The Balaban J connectivity index is 2.70. The lowest BCUT2D eigenvalue weighted by atomic mass is 10.1. The number of aryl methyl sites for hydroxylation is 1. The first-order valence-corrected chi connectivity index (χ1v) is 6.04. The fourth-order valence-electron chi connectivity index (χ4n) is 1.32. The van der Waals surface area contributed by atoms with Crippen LogP contribution in [0.1, 0.15) is 26.6 Å². The van der Waals surface area contributed by atoms with Crippen LogP contribution >= 0.6 is 0 Å². The first kappa shape index (κ1) is 13.7. The second kappa shape index (κ2) is 6.39. The van der Waals surface area contributed by atoms with E-state index in [0.29, 0.717) is 6.54 Å². The van der Waals surface area contributed by atoms with Gasteiger partial charge < -0.3 is 15.7 Å². The third-order valence-electron chi connectivity index (χ3n) is 2.61. The number of nitrogens with one attached hydrogen (secondary N) is 2. The van der Waals surface area contributed by atoms with Gasteiger partial charge in [-0.15, -0.1) is 0 Å². The highest BCUT2D eigenvalue weighted by atomic mass is 16.3. The summed E-state index contributed by atoms with van der Waals surface area (Å²) in [5.41, 5.74) is 0. The molecule has 0 aliphatic heterocycles. The van der Waals surface area contributed by atoms with Crippen LogP contribution in [0.3, 0.4) is 0 Å². The molecule has 1 heterocycles. The lowest BCUT2D eigenvalue weighted by molar-refractivity contribution is 0.138. The van der Waals surface area contributed by atoms with Crippen molar-refractivity contribution in [3.8, 4) is 0 Å². The average Bonchev–Trinajstić information content (AvgIpc) is 2.35. The largest absolute Gasteiger partial charge is 0.391 e. The van der Waals surface area contributed by atoms with Crippen LogP contribution < -0.4 is 10.6 Å². The average molecular weight is 238 g/mol. The molecule has 0 aliphatic rings. The molecule has 5 nitrogen and oxygen atoms in total. The molecule has 0 amide bonds. The fourth-order valence-corrected chi connectivity index (χ4v) is 1.32. The molecule has 1 atom stereocenters. The van der Waals surface area contributed by atoms with Gasteiger partial charge in [0.1, 0.15) is 17.5 Å². The van der Waals surface area contributed by atoms with Gasteiger partial charge >= 0.3 is 0 Å². The zero-order valence-electron chi connectivity index (χ0n) is 11.0. The summed E-state index contributed by atoms with van der Waals surface area (Å²) in [4.78, 5) is 8.67. The van der Waals surface area contributed by atoms with Gasteiger partial charge in [-0.05, 0) is 5.92 Å². The Morgan fingerprint density at radius 3 is 2.47 bits per heavy atom. The maximum Gasteiger partial charge on any atom is 0.132 e. The minimum atomic E-state index is -0.368. The predicted octanol–water partition coefficient (Wildman–Crippen LogP) is 1.51. The van der Waals surface area contributed by atoms with E-state index in [-0.39, 0.29) is 12.0 Å². The molecule has 0 aliphatic carbocycles. The Labute approximate surface area is 103 Å². The van der Waals surface area contributed by atoms with E-state index in [1.165, 1.54) is 0 Å². The number of hydrogen-bond donors (Lipinski definition) is 3. The molecule has 17 heavy (non-hydrogen) atoms. The smallest absolute Gasteiger partial charge is 0.132 e. The van der Waals surface area contributed by atoms with Gasteiger partial charge in [0.25, 0.3) is 0 Å². The number of aliphatic hydroxyl groups excluding tert-OH is 1. The number of aromatic nitrogens is 2. The Hall–Kier alpha value is -1.36. The van der Waals surface area contributed by atoms with E-state index in [9.17, 15) is 5.11 Å². The topological polar surface area (TPSA) is 70.1 Å². The Bertz CT molecular complexity index is 332. The molecule has 0 aromatic carbocycles. The predicted molar refractivity (Wildman–Crippen MR) is 70.3 cm³/mol. The molecule has 1 rings (SSSR count). The maximum absolute atomic E-state index is 9.72. The third-order valence-corrected chi connectivity index (χ3v) is 2.61. The molecular weight excluding hydrogens is 216 g/mol. The minimum absolute atomic E-state index is 0.235.